The van der Waals surface area contributed by atoms with Gasteiger partial charge in [-0.25, -0.2) is 4.79 Å². The lowest BCUT2D eigenvalue weighted by atomic mass is 10.1. The van der Waals surface area contributed by atoms with Crippen LogP contribution in [0.5, 0.6) is 0 Å². The Balaban J connectivity index is 2.72. The van der Waals surface area contributed by atoms with Crippen LogP contribution in [0.3, 0.4) is 0 Å². The van der Waals surface area contributed by atoms with Gasteiger partial charge in [0.25, 0.3) is 5.91 Å². The van der Waals surface area contributed by atoms with E-state index in [4.69, 9.17) is 4.74 Å². The Morgan fingerprint density at radius 1 is 1.17 bits per heavy atom. The van der Waals surface area contributed by atoms with Crippen LogP contribution in [0.2, 0.25) is 0 Å². The summed E-state index contributed by atoms with van der Waals surface area (Å²) in [5, 5.41) is 5.34. The van der Waals surface area contributed by atoms with Gasteiger partial charge >= 0.3 is 5.97 Å². The summed E-state index contributed by atoms with van der Waals surface area (Å²) in [5.74, 6) is -1.03. The topological polar surface area (TPSA) is 84.5 Å². The van der Waals surface area contributed by atoms with Gasteiger partial charge in [-0.1, -0.05) is 38.7 Å². The van der Waals surface area contributed by atoms with E-state index in [-0.39, 0.29) is 11.8 Å². The summed E-state index contributed by atoms with van der Waals surface area (Å²) in [7, 11) is 1.31. The second-order valence-corrected chi connectivity index (χ2v) is 5.66. The molecule has 0 saturated heterocycles. The van der Waals surface area contributed by atoms with Gasteiger partial charge in [0, 0.05) is 18.2 Å². The zero-order valence-corrected chi connectivity index (χ0v) is 14.6. The minimum atomic E-state index is -0.663. The molecule has 0 bridgehead atoms. The van der Waals surface area contributed by atoms with Crippen LogP contribution in [0.25, 0.3) is 0 Å². The molecule has 24 heavy (non-hydrogen) atoms. The van der Waals surface area contributed by atoms with Crippen LogP contribution in [-0.2, 0) is 14.3 Å². The fourth-order valence-corrected chi connectivity index (χ4v) is 2.35. The molecule has 6 nitrogen and oxygen atoms in total. The van der Waals surface area contributed by atoms with Gasteiger partial charge in [-0.3, -0.25) is 9.59 Å². The largest absolute Gasteiger partial charge is 0.467 e. The zero-order chi connectivity index (χ0) is 17.9. The Morgan fingerprint density at radius 2 is 1.92 bits per heavy atom. The number of carbonyl (C=O) groups is 3. The fraction of sp³-hybridized carbons (Fsp3) is 0.500. The Labute approximate surface area is 143 Å². The first-order valence-corrected chi connectivity index (χ1v) is 8.24. The molecule has 1 aromatic rings. The second-order valence-electron chi connectivity index (χ2n) is 5.66. The van der Waals surface area contributed by atoms with E-state index in [9.17, 15) is 14.4 Å². The number of hydrogen-bond acceptors (Lipinski definition) is 4. The number of unbranched alkanes of at least 4 members (excludes halogenated alkanes) is 3. The predicted molar refractivity (Wildman–Crippen MR) is 92.8 cm³/mol. The first-order valence-electron chi connectivity index (χ1n) is 8.24. The Bertz CT molecular complexity index is 572. The van der Waals surface area contributed by atoms with Gasteiger partial charge in [0.1, 0.15) is 6.04 Å². The van der Waals surface area contributed by atoms with E-state index in [1.807, 2.05) is 0 Å². The highest BCUT2D eigenvalue weighted by Gasteiger charge is 2.21. The van der Waals surface area contributed by atoms with Crippen LogP contribution in [-0.4, -0.2) is 30.9 Å². The molecule has 0 spiro atoms. The highest BCUT2D eigenvalue weighted by Crippen LogP contribution is 2.12. The molecule has 0 unspecified atom stereocenters. The van der Waals surface area contributed by atoms with Gasteiger partial charge in [-0.15, -0.1) is 0 Å². The van der Waals surface area contributed by atoms with Crippen molar-refractivity contribution in [3.8, 4) is 0 Å². The third kappa shape index (κ3) is 6.81. The molecular weight excluding hydrogens is 308 g/mol. The van der Waals surface area contributed by atoms with Crippen molar-refractivity contribution >= 4 is 23.5 Å². The average molecular weight is 334 g/mol. The van der Waals surface area contributed by atoms with Crippen LogP contribution in [0.15, 0.2) is 24.3 Å². The standard InChI is InChI=1S/C18H26N2O4/c1-4-5-6-7-11-16(18(23)24-3)20-17(22)14-9-8-10-15(12-14)19-13(2)21/h8-10,12,16H,4-7,11H2,1-3H3,(H,19,21)(H,20,22)/t16-/m1/s1. The summed E-state index contributed by atoms with van der Waals surface area (Å²) in [6.45, 7) is 3.51. The van der Waals surface area contributed by atoms with Crippen molar-refractivity contribution in [2.75, 3.05) is 12.4 Å². The maximum atomic E-state index is 12.4. The molecule has 132 valence electrons. The van der Waals surface area contributed by atoms with Crippen molar-refractivity contribution < 1.29 is 19.1 Å². The number of hydrogen-bond donors (Lipinski definition) is 2. The van der Waals surface area contributed by atoms with E-state index in [1.165, 1.54) is 14.0 Å². The molecule has 0 heterocycles. The lowest BCUT2D eigenvalue weighted by Crippen LogP contribution is -2.41. The summed E-state index contributed by atoms with van der Waals surface area (Å²) in [5.41, 5.74) is 0.913. The zero-order valence-electron chi connectivity index (χ0n) is 14.6. The molecular formula is C18H26N2O4. The summed E-state index contributed by atoms with van der Waals surface area (Å²) in [4.78, 5) is 35.3. The monoisotopic (exact) mass is 334 g/mol. The van der Waals surface area contributed by atoms with Gasteiger partial charge in [-0.2, -0.15) is 0 Å². The molecule has 1 rings (SSSR count). The van der Waals surface area contributed by atoms with E-state index in [2.05, 4.69) is 17.6 Å². The van der Waals surface area contributed by atoms with E-state index >= 15 is 0 Å². The molecule has 1 aromatic carbocycles. The first-order chi connectivity index (χ1) is 11.5. The van der Waals surface area contributed by atoms with Crippen LogP contribution in [0, 0.1) is 0 Å². The number of ether oxygens (including phenoxy) is 1. The van der Waals surface area contributed by atoms with Gasteiger partial charge in [-0.05, 0) is 24.6 Å². The van der Waals surface area contributed by atoms with Crippen molar-refractivity contribution in [3.05, 3.63) is 29.8 Å². The average Bonchev–Trinajstić information content (AvgIpc) is 2.56. The van der Waals surface area contributed by atoms with Gasteiger partial charge in [0.15, 0.2) is 0 Å². The van der Waals surface area contributed by atoms with Crippen LogP contribution in [0.1, 0.15) is 56.3 Å². The molecule has 6 heteroatoms. The van der Waals surface area contributed by atoms with Crippen LogP contribution in [0.4, 0.5) is 5.69 Å². The third-order valence-corrected chi connectivity index (χ3v) is 3.58. The summed E-state index contributed by atoms with van der Waals surface area (Å²) >= 11 is 0. The molecule has 0 fully saturated rings. The molecule has 0 aromatic heterocycles. The van der Waals surface area contributed by atoms with Crippen molar-refractivity contribution in [2.24, 2.45) is 0 Å². The van der Waals surface area contributed by atoms with Crippen molar-refractivity contribution in [1.29, 1.82) is 0 Å². The minimum absolute atomic E-state index is 0.212. The highest BCUT2D eigenvalue weighted by molar-refractivity contribution is 5.98. The number of amides is 2. The van der Waals surface area contributed by atoms with Crippen molar-refractivity contribution in [2.45, 2.75) is 52.0 Å². The Kier molecular flexibility index (Phi) is 8.54. The normalized spacial score (nSPS) is 11.5. The van der Waals surface area contributed by atoms with Crippen molar-refractivity contribution in [1.82, 2.24) is 5.32 Å². The Hall–Kier alpha value is -2.37. The number of nitrogens with one attached hydrogen (secondary N) is 2. The van der Waals surface area contributed by atoms with Crippen molar-refractivity contribution in [3.63, 3.8) is 0 Å². The quantitative estimate of drug-likeness (QED) is 0.537. The highest BCUT2D eigenvalue weighted by atomic mass is 16.5. The summed E-state index contributed by atoms with van der Waals surface area (Å²) < 4.78 is 4.77. The molecule has 0 saturated carbocycles. The number of rotatable bonds is 9. The molecule has 0 aliphatic rings. The summed E-state index contributed by atoms with van der Waals surface area (Å²) in [6.07, 6.45) is 4.60. The van der Waals surface area contributed by atoms with Gasteiger partial charge in [0.2, 0.25) is 5.91 Å². The number of anilines is 1. The number of carbonyl (C=O) groups excluding carboxylic acids is 3. The summed E-state index contributed by atoms with van der Waals surface area (Å²) in [6, 6.07) is 5.91. The molecule has 1 atom stereocenters. The maximum absolute atomic E-state index is 12.4. The smallest absolute Gasteiger partial charge is 0.328 e. The van der Waals surface area contributed by atoms with Gasteiger partial charge in [0.05, 0.1) is 7.11 Å². The van der Waals surface area contributed by atoms with E-state index in [0.717, 1.165) is 25.7 Å². The maximum Gasteiger partial charge on any atom is 0.328 e. The molecule has 0 aliphatic carbocycles. The SMILES string of the molecule is CCCCCC[C@@H](NC(=O)c1cccc(NC(C)=O)c1)C(=O)OC. The third-order valence-electron chi connectivity index (χ3n) is 3.58. The second kappa shape index (κ2) is 10.4. The molecule has 0 radical (unpaired) electrons. The van der Waals surface area contributed by atoms with Crippen LogP contribution < -0.4 is 10.6 Å². The fourth-order valence-electron chi connectivity index (χ4n) is 2.35. The minimum Gasteiger partial charge on any atom is -0.467 e. The molecule has 2 amide bonds. The van der Waals surface area contributed by atoms with Gasteiger partial charge < -0.3 is 15.4 Å². The van der Waals surface area contributed by atoms with E-state index in [1.54, 1.807) is 24.3 Å². The number of methoxy groups -OCH3 is 1. The number of esters is 1. The van der Waals surface area contributed by atoms with E-state index in [0.29, 0.717) is 17.7 Å². The number of benzene rings is 1. The first kappa shape index (κ1) is 19.7. The predicted octanol–water partition coefficient (Wildman–Crippen LogP) is 2.89. The Morgan fingerprint density at radius 3 is 2.54 bits per heavy atom. The lowest BCUT2D eigenvalue weighted by molar-refractivity contribution is -0.143. The van der Waals surface area contributed by atoms with E-state index < -0.39 is 12.0 Å². The lowest BCUT2D eigenvalue weighted by Gasteiger charge is -2.16. The molecule has 0 aliphatic heterocycles. The van der Waals surface area contributed by atoms with Crippen LogP contribution >= 0.6 is 0 Å². The molecule has 2 N–H and O–H groups in total.